The Balaban J connectivity index is 0.000001000. The maximum atomic E-state index is 2.61. The minimum Gasteiger partial charge on any atom is -0.301 e. The van der Waals surface area contributed by atoms with Gasteiger partial charge in [-0.1, -0.05) is 13.3 Å². The number of hydrogen-bond acceptors (Lipinski definition) is 1. The van der Waals surface area contributed by atoms with Gasteiger partial charge >= 0.3 is 0 Å². The van der Waals surface area contributed by atoms with Gasteiger partial charge in [0.05, 0.1) is 0 Å². The summed E-state index contributed by atoms with van der Waals surface area (Å²) in [5, 5.41) is 0. The van der Waals surface area contributed by atoms with Gasteiger partial charge in [0.2, 0.25) is 0 Å². The number of rotatable bonds is 2. The number of nitrogens with zero attached hydrogens (tertiary/aromatic N) is 1. The molecule has 0 spiro atoms. The second-order valence-corrected chi connectivity index (χ2v) is 3.35. The van der Waals surface area contributed by atoms with Crippen molar-refractivity contribution in [2.75, 3.05) is 13.1 Å². The van der Waals surface area contributed by atoms with E-state index in [1.54, 1.807) is 0 Å². The molecule has 0 radical (unpaired) electrons. The molecule has 0 aromatic rings. The third-order valence-corrected chi connectivity index (χ3v) is 2.60. The SMILES string of the molecule is Br.CCC(C)N1CCCCC1. The smallest absolute Gasteiger partial charge is 0.00643 e. The Labute approximate surface area is 80.9 Å². The summed E-state index contributed by atoms with van der Waals surface area (Å²) in [6.45, 7) is 7.30. The molecule has 1 heterocycles. The van der Waals surface area contributed by atoms with Crippen LogP contribution in [0.4, 0.5) is 0 Å². The quantitative estimate of drug-likeness (QED) is 0.694. The Morgan fingerprint density at radius 2 is 1.73 bits per heavy atom. The molecule has 11 heavy (non-hydrogen) atoms. The molecule has 0 aromatic heterocycles. The van der Waals surface area contributed by atoms with Crippen LogP contribution >= 0.6 is 17.0 Å². The molecule has 1 fully saturated rings. The highest BCUT2D eigenvalue weighted by molar-refractivity contribution is 8.93. The first-order valence-electron chi connectivity index (χ1n) is 4.58. The van der Waals surface area contributed by atoms with Gasteiger partial charge in [-0.2, -0.15) is 0 Å². The van der Waals surface area contributed by atoms with Crippen LogP contribution in [0.25, 0.3) is 0 Å². The summed E-state index contributed by atoms with van der Waals surface area (Å²) in [4.78, 5) is 2.61. The van der Waals surface area contributed by atoms with Gasteiger partial charge in [-0.15, -0.1) is 17.0 Å². The van der Waals surface area contributed by atoms with E-state index in [-0.39, 0.29) is 17.0 Å². The average molecular weight is 222 g/mol. The lowest BCUT2D eigenvalue weighted by molar-refractivity contribution is 0.170. The van der Waals surface area contributed by atoms with Crippen molar-refractivity contribution in [3.05, 3.63) is 0 Å². The molecule has 0 aromatic carbocycles. The van der Waals surface area contributed by atoms with Crippen molar-refractivity contribution >= 4 is 17.0 Å². The highest BCUT2D eigenvalue weighted by atomic mass is 79.9. The van der Waals surface area contributed by atoms with Gasteiger partial charge in [0.25, 0.3) is 0 Å². The normalized spacial score (nSPS) is 22.4. The second kappa shape index (κ2) is 6.01. The topological polar surface area (TPSA) is 3.24 Å². The zero-order chi connectivity index (χ0) is 7.40. The average Bonchev–Trinajstić information content (AvgIpc) is 2.05. The first kappa shape index (κ1) is 11.4. The van der Waals surface area contributed by atoms with Crippen molar-refractivity contribution in [2.45, 2.75) is 45.6 Å². The zero-order valence-electron chi connectivity index (χ0n) is 7.68. The number of likely N-dealkylation sites (tertiary alicyclic amines) is 1. The summed E-state index contributed by atoms with van der Waals surface area (Å²) >= 11 is 0. The molecule has 0 amide bonds. The Kier molecular flexibility index (Phi) is 6.25. The summed E-state index contributed by atoms with van der Waals surface area (Å²) in [6, 6.07) is 0.820. The van der Waals surface area contributed by atoms with E-state index in [4.69, 9.17) is 0 Å². The van der Waals surface area contributed by atoms with E-state index in [0.717, 1.165) is 6.04 Å². The highest BCUT2D eigenvalue weighted by Crippen LogP contribution is 2.13. The van der Waals surface area contributed by atoms with Gasteiger partial charge in [0.1, 0.15) is 0 Å². The van der Waals surface area contributed by atoms with Crippen LogP contribution in [0.15, 0.2) is 0 Å². The van der Waals surface area contributed by atoms with Gasteiger partial charge in [0.15, 0.2) is 0 Å². The van der Waals surface area contributed by atoms with Crippen molar-refractivity contribution in [2.24, 2.45) is 0 Å². The van der Waals surface area contributed by atoms with Crippen LogP contribution in [-0.2, 0) is 0 Å². The Morgan fingerprint density at radius 3 is 2.18 bits per heavy atom. The number of hydrogen-bond donors (Lipinski definition) is 0. The Morgan fingerprint density at radius 1 is 1.18 bits per heavy atom. The van der Waals surface area contributed by atoms with Crippen molar-refractivity contribution in [1.82, 2.24) is 4.90 Å². The molecule has 0 N–H and O–H groups in total. The van der Waals surface area contributed by atoms with Crippen LogP contribution in [-0.4, -0.2) is 24.0 Å². The number of piperidine rings is 1. The molecule has 68 valence electrons. The van der Waals surface area contributed by atoms with Crippen LogP contribution in [0.5, 0.6) is 0 Å². The van der Waals surface area contributed by atoms with Crippen LogP contribution in [0.2, 0.25) is 0 Å². The largest absolute Gasteiger partial charge is 0.301 e. The second-order valence-electron chi connectivity index (χ2n) is 3.35. The van der Waals surface area contributed by atoms with Crippen LogP contribution in [0.3, 0.4) is 0 Å². The Bertz CT molecular complexity index is 89.6. The molecule has 0 aliphatic carbocycles. The third-order valence-electron chi connectivity index (χ3n) is 2.60. The lowest BCUT2D eigenvalue weighted by atomic mass is 10.1. The van der Waals surface area contributed by atoms with E-state index in [2.05, 4.69) is 18.7 Å². The summed E-state index contributed by atoms with van der Waals surface area (Å²) in [6.07, 6.45) is 5.60. The summed E-state index contributed by atoms with van der Waals surface area (Å²) < 4.78 is 0. The molecule has 1 nitrogen and oxygen atoms in total. The minimum atomic E-state index is 0. The fourth-order valence-corrected chi connectivity index (χ4v) is 1.62. The van der Waals surface area contributed by atoms with E-state index in [0.29, 0.717) is 0 Å². The van der Waals surface area contributed by atoms with Gasteiger partial charge in [0, 0.05) is 6.04 Å². The summed E-state index contributed by atoms with van der Waals surface area (Å²) in [7, 11) is 0. The molecule has 1 unspecified atom stereocenters. The maximum Gasteiger partial charge on any atom is 0.00643 e. The molecule has 1 rings (SSSR count). The van der Waals surface area contributed by atoms with Crippen molar-refractivity contribution < 1.29 is 0 Å². The van der Waals surface area contributed by atoms with Gasteiger partial charge in [-0.25, -0.2) is 0 Å². The molecule has 0 saturated carbocycles. The molecular formula is C9H20BrN. The standard InChI is InChI=1S/C9H19N.BrH/c1-3-9(2)10-7-5-4-6-8-10;/h9H,3-8H2,1-2H3;1H. The third kappa shape index (κ3) is 3.57. The predicted molar refractivity (Wildman–Crippen MR) is 55.5 cm³/mol. The van der Waals surface area contributed by atoms with Gasteiger partial charge in [-0.3, -0.25) is 0 Å². The van der Waals surface area contributed by atoms with Crippen LogP contribution in [0, 0.1) is 0 Å². The van der Waals surface area contributed by atoms with Gasteiger partial charge in [-0.05, 0) is 39.3 Å². The van der Waals surface area contributed by atoms with E-state index in [1.165, 1.54) is 38.8 Å². The first-order valence-corrected chi connectivity index (χ1v) is 4.58. The van der Waals surface area contributed by atoms with E-state index < -0.39 is 0 Å². The maximum absolute atomic E-state index is 2.61. The molecular weight excluding hydrogens is 202 g/mol. The highest BCUT2D eigenvalue weighted by Gasteiger charge is 2.13. The van der Waals surface area contributed by atoms with Gasteiger partial charge < -0.3 is 4.90 Å². The fraction of sp³-hybridized carbons (Fsp3) is 1.00. The molecule has 1 aliphatic rings. The summed E-state index contributed by atoms with van der Waals surface area (Å²) in [5.41, 5.74) is 0. The van der Waals surface area contributed by atoms with Crippen molar-refractivity contribution in [1.29, 1.82) is 0 Å². The first-order chi connectivity index (χ1) is 4.84. The summed E-state index contributed by atoms with van der Waals surface area (Å²) in [5.74, 6) is 0. The van der Waals surface area contributed by atoms with E-state index in [9.17, 15) is 0 Å². The minimum absolute atomic E-state index is 0. The molecule has 1 saturated heterocycles. The Hall–Kier alpha value is 0.440. The van der Waals surface area contributed by atoms with Crippen molar-refractivity contribution in [3.63, 3.8) is 0 Å². The zero-order valence-corrected chi connectivity index (χ0v) is 9.39. The van der Waals surface area contributed by atoms with Crippen LogP contribution < -0.4 is 0 Å². The van der Waals surface area contributed by atoms with Crippen LogP contribution in [0.1, 0.15) is 39.5 Å². The predicted octanol–water partition coefficient (Wildman–Crippen LogP) is 2.85. The lowest BCUT2D eigenvalue weighted by Gasteiger charge is -2.31. The van der Waals surface area contributed by atoms with E-state index in [1.807, 2.05) is 0 Å². The van der Waals surface area contributed by atoms with Crippen molar-refractivity contribution in [3.8, 4) is 0 Å². The fourth-order valence-electron chi connectivity index (χ4n) is 1.62. The molecule has 1 aliphatic heterocycles. The lowest BCUT2D eigenvalue weighted by Crippen LogP contribution is -2.36. The van der Waals surface area contributed by atoms with E-state index >= 15 is 0 Å². The number of halogens is 1. The monoisotopic (exact) mass is 221 g/mol. The molecule has 1 atom stereocenters. The molecule has 0 bridgehead atoms. The molecule has 2 heteroatoms.